The van der Waals surface area contributed by atoms with E-state index in [1.807, 2.05) is 13.0 Å². The number of hydrogen-bond donors (Lipinski definition) is 1. The maximum Gasteiger partial charge on any atom is 0.0544 e. The second kappa shape index (κ2) is 5.41. The molecule has 1 N–H and O–H groups in total. The van der Waals surface area contributed by atoms with Crippen molar-refractivity contribution in [2.45, 2.75) is 32.4 Å². The van der Waals surface area contributed by atoms with Gasteiger partial charge in [-0.25, -0.2) is 0 Å². The summed E-state index contributed by atoms with van der Waals surface area (Å²) in [4.78, 5) is 6.89. The van der Waals surface area contributed by atoms with Gasteiger partial charge in [0.15, 0.2) is 0 Å². The van der Waals surface area contributed by atoms with E-state index in [1.54, 1.807) is 0 Å². The van der Waals surface area contributed by atoms with Crippen LogP contribution in [-0.2, 0) is 6.54 Å². The lowest BCUT2D eigenvalue weighted by Gasteiger charge is -2.29. The standard InChI is InChI=1S/C13H21N3/c1-11-4-3-5-13(15-11)10-14-12-6-8-16(2)9-7-12/h3-5,12,14H,6-10H2,1-2H3. The molecule has 1 aromatic rings. The monoisotopic (exact) mass is 219 g/mol. The number of aromatic nitrogens is 1. The smallest absolute Gasteiger partial charge is 0.0544 e. The minimum absolute atomic E-state index is 0.665. The Kier molecular flexibility index (Phi) is 3.91. The highest BCUT2D eigenvalue weighted by Gasteiger charge is 2.15. The zero-order valence-corrected chi connectivity index (χ0v) is 10.2. The van der Waals surface area contributed by atoms with E-state index < -0.39 is 0 Å². The molecule has 2 rings (SSSR count). The first-order valence-corrected chi connectivity index (χ1v) is 6.08. The topological polar surface area (TPSA) is 28.2 Å². The van der Waals surface area contributed by atoms with E-state index in [0.29, 0.717) is 6.04 Å². The van der Waals surface area contributed by atoms with Gasteiger partial charge in [-0.1, -0.05) is 6.07 Å². The first-order valence-electron chi connectivity index (χ1n) is 6.08. The molecule has 3 nitrogen and oxygen atoms in total. The summed E-state index contributed by atoms with van der Waals surface area (Å²) in [6.45, 7) is 5.35. The van der Waals surface area contributed by atoms with Crippen molar-refractivity contribution in [1.29, 1.82) is 0 Å². The quantitative estimate of drug-likeness (QED) is 0.836. The van der Waals surface area contributed by atoms with Crippen molar-refractivity contribution in [3.63, 3.8) is 0 Å². The number of hydrogen-bond acceptors (Lipinski definition) is 3. The highest BCUT2D eigenvalue weighted by molar-refractivity contribution is 5.09. The Labute approximate surface area is 97.9 Å². The molecule has 0 radical (unpaired) electrons. The van der Waals surface area contributed by atoms with Crippen molar-refractivity contribution in [2.75, 3.05) is 20.1 Å². The fourth-order valence-corrected chi connectivity index (χ4v) is 2.16. The van der Waals surface area contributed by atoms with Gasteiger partial charge in [-0.3, -0.25) is 4.98 Å². The van der Waals surface area contributed by atoms with Crippen LogP contribution in [0.4, 0.5) is 0 Å². The molecule has 0 spiro atoms. The van der Waals surface area contributed by atoms with E-state index in [9.17, 15) is 0 Å². The predicted molar refractivity (Wildman–Crippen MR) is 66.3 cm³/mol. The van der Waals surface area contributed by atoms with Crippen LogP contribution in [0, 0.1) is 6.92 Å². The Bertz CT molecular complexity index is 330. The maximum atomic E-state index is 4.50. The Balaban J connectivity index is 1.79. The molecule has 0 amide bonds. The Hall–Kier alpha value is -0.930. The van der Waals surface area contributed by atoms with Gasteiger partial charge in [-0.15, -0.1) is 0 Å². The van der Waals surface area contributed by atoms with E-state index in [-0.39, 0.29) is 0 Å². The summed E-state index contributed by atoms with van der Waals surface area (Å²) in [5.41, 5.74) is 2.25. The lowest BCUT2D eigenvalue weighted by molar-refractivity contribution is 0.233. The van der Waals surface area contributed by atoms with Crippen molar-refractivity contribution in [3.05, 3.63) is 29.6 Å². The summed E-state index contributed by atoms with van der Waals surface area (Å²) in [6, 6.07) is 6.88. The summed E-state index contributed by atoms with van der Waals surface area (Å²) in [7, 11) is 2.19. The summed E-state index contributed by atoms with van der Waals surface area (Å²) in [5, 5.41) is 3.60. The predicted octanol–water partition coefficient (Wildman–Crippen LogP) is 1.57. The van der Waals surface area contributed by atoms with Crippen LogP contribution in [0.25, 0.3) is 0 Å². The van der Waals surface area contributed by atoms with Gasteiger partial charge in [0.1, 0.15) is 0 Å². The Morgan fingerprint density at radius 2 is 2.12 bits per heavy atom. The zero-order chi connectivity index (χ0) is 11.4. The molecule has 0 aromatic carbocycles. The van der Waals surface area contributed by atoms with Crippen molar-refractivity contribution >= 4 is 0 Å². The molecular formula is C13H21N3. The fraction of sp³-hybridized carbons (Fsp3) is 0.615. The van der Waals surface area contributed by atoms with Gasteiger partial charge >= 0.3 is 0 Å². The summed E-state index contributed by atoms with van der Waals surface area (Å²) in [5.74, 6) is 0. The van der Waals surface area contributed by atoms with Gasteiger partial charge in [0.05, 0.1) is 5.69 Å². The summed E-state index contributed by atoms with van der Waals surface area (Å²) < 4.78 is 0. The van der Waals surface area contributed by atoms with Gasteiger partial charge in [0, 0.05) is 18.3 Å². The minimum Gasteiger partial charge on any atom is -0.308 e. The van der Waals surface area contributed by atoms with Gasteiger partial charge in [0.2, 0.25) is 0 Å². The van der Waals surface area contributed by atoms with Gasteiger partial charge in [-0.2, -0.15) is 0 Å². The largest absolute Gasteiger partial charge is 0.308 e. The van der Waals surface area contributed by atoms with Crippen LogP contribution >= 0.6 is 0 Å². The molecule has 1 fully saturated rings. The number of nitrogens with one attached hydrogen (secondary N) is 1. The average molecular weight is 219 g/mol. The summed E-state index contributed by atoms with van der Waals surface area (Å²) in [6.07, 6.45) is 2.50. The van der Waals surface area contributed by atoms with Crippen LogP contribution in [0.15, 0.2) is 18.2 Å². The van der Waals surface area contributed by atoms with Crippen molar-refractivity contribution < 1.29 is 0 Å². The second-order valence-electron chi connectivity index (χ2n) is 4.73. The van der Waals surface area contributed by atoms with Crippen LogP contribution in [0.3, 0.4) is 0 Å². The molecular weight excluding hydrogens is 198 g/mol. The van der Waals surface area contributed by atoms with Gasteiger partial charge < -0.3 is 10.2 Å². The number of pyridine rings is 1. The van der Waals surface area contributed by atoms with Crippen molar-refractivity contribution in [2.24, 2.45) is 0 Å². The third-order valence-electron chi connectivity index (χ3n) is 3.24. The lowest BCUT2D eigenvalue weighted by atomic mass is 10.1. The van der Waals surface area contributed by atoms with Crippen molar-refractivity contribution in [1.82, 2.24) is 15.2 Å². The zero-order valence-electron chi connectivity index (χ0n) is 10.2. The Morgan fingerprint density at radius 3 is 2.81 bits per heavy atom. The molecule has 3 heteroatoms. The van der Waals surface area contributed by atoms with Crippen LogP contribution < -0.4 is 5.32 Å². The van der Waals surface area contributed by atoms with Crippen molar-refractivity contribution in [3.8, 4) is 0 Å². The van der Waals surface area contributed by atoms with Crippen LogP contribution in [0.5, 0.6) is 0 Å². The van der Waals surface area contributed by atoms with Crippen LogP contribution in [0.2, 0.25) is 0 Å². The van der Waals surface area contributed by atoms with Gasteiger partial charge in [0.25, 0.3) is 0 Å². The van der Waals surface area contributed by atoms with E-state index in [2.05, 4.69) is 34.4 Å². The van der Waals surface area contributed by atoms with Gasteiger partial charge in [-0.05, 0) is 52.0 Å². The van der Waals surface area contributed by atoms with Crippen LogP contribution in [0.1, 0.15) is 24.2 Å². The lowest BCUT2D eigenvalue weighted by Crippen LogP contribution is -2.40. The average Bonchev–Trinajstić information content (AvgIpc) is 2.28. The fourth-order valence-electron chi connectivity index (χ4n) is 2.16. The highest BCUT2D eigenvalue weighted by atomic mass is 15.1. The number of nitrogens with zero attached hydrogens (tertiary/aromatic N) is 2. The molecule has 2 heterocycles. The second-order valence-corrected chi connectivity index (χ2v) is 4.73. The first kappa shape index (κ1) is 11.6. The van der Waals surface area contributed by atoms with E-state index in [4.69, 9.17) is 0 Å². The molecule has 0 saturated carbocycles. The van der Waals surface area contributed by atoms with Crippen LogP contribution in [-0.4, -0.2) is 36.1 Å². The molecule has 0 unspecified atom stereocenters. The highest BCUT2D eigenvalue weighted by Crippen LogP contribution is 2.09. The van der Waals surface area contributed by atoms with E-state index in [1.165, 1.54) is 25.9 Å². The molecule has 1 aliphatic rings. The molecule has 16 heavy (non-hydrogen) atoms. The first-order chi connectivity index (χ1) is 7.74. The minimum atomic E-state index is 0.665. The SMILES string of the molecule is Cc1cccc(CNC2CCN(C)CC2)n1. The molecule has 88 valence electrons. The Morgan fingerprint density at radius 1 is 1.38 bits per heavy atom. The number of piperidine rings is 1. The van der Waals surface area contributed by atoms with E-state index >= 15 is 0 Å². The molecule has 0 aliphatic carbocycles. The summed E-state index contributed by atoms with van der Waals surface area (Å²) >= 11 is 0. The number of rotatable bonds is 3. The third kappa shape index (κ3) is 3.29. The molecule has 1 saturated heterocycles. The van der Waals surface area contributed by atoms with E-state index in [0.717, 1.165) is 17.9 Å². The molecule has 1 aromatic heterocycles. The molecule has 0 atom stereocenters. The normalized spacial score (nSPS) is 18.9. The number of likely N-dealkylation sites (tertiary alicyclic amines) is 1. The third-order valence-corrected chi connectivity index (χ3v) is 3.24. The molecule has 0 bridgehead atoms. The molecule has 1 aliphatic heterocycles. The number of aryl methyl sites for hydroxylation is 1. The maximum absolute atomic E-state index is 4.50.